The second kappa shape index (κ2) is 7.92. The number of fused-ring (bicyclic) bond motifs is 1. The van der Waals surface area contributed by atoms with Crippen molar-refractivity contribution in [2.75, 3.05) is 6.54 Å². The molecule has 1 unspecified atom stereocenters. The Hall–Kier alpha value is -2.40. The summed E-state index contributed by atoms with van der Waals surface area (Å²) in [6.45, 7) is 3.49. The van der Waals surface area contributed by atoms with Gasteiger partial charge in [-0.2, -0.15) is 5.10 Å². The maximum Gasteiger partial charge on any atom is 0.223 e. The number of amides is 1. The van der Waals surface area contributed by atoms with Crippen molar-refractivity contribution < 1.29 is 4.79 Å². The van der Waals surface area contributed by atoms with Crippen molar-refractivity contribution >= 4 is 21.8 Å². The summed E-state index contributed by atoms with van der Waals surface area (Å²) >= 11 is 3.46. The highest BCUT2D eigenvalue weighted by Crippen LogP contribution is 2.35. The summed E-state index contributed by atoms with van der Waals surface area (Å²) in [4.78, 5) is 15.0. The van der Waals surface area contributed by atoms with Crippen molar-refractivity contribution in [3.63, 3.8) is 0 Å². The minimum atomic E-state index is 0.176. The fourth-order valence-electron chi connectivity index (χ4n) is 3.98. The second-order valence-corrected chi connectivity index (χ2v) is 8.38. The quantitative estimate of drug-likeness (QED) is 0.597. The smallest absolute Gasteiger partial charge is 0.223 e. The van der Waals surface area contributed by atoms with Gasteiger partial charge in [-0.1, -0.05) is 52.3 Å². The molecule has 0 spiro atoms. The van der Waals surface area contributed by atoms with E-state index in [-0.39, 0.29) is 11.8 Å². The lowest BCUT2D eigenvalue weighted by atomic mass is 9.84. The van der Waals surface area contributed by atoms with E-state index in [0.29, 0.717) is 19.5 Å². The van der Waals surface area contributed by atoms with Gasteiger partial charge < -0.3 is 4.90 Å². The van der Waals surface area contributed by atoms with Crippen molar-refractivity contribution in [3.05, 3.63) is 87.1 Å². The molecule has 4 nitrogen and oxygen atoms in total. The molecule has 5 heteroatoms. The average Bonchev–Trinajstić information content (AvgIpc) is 3.05. The van der Waals surface area contributed by atoms with Crippen LogP contribution in [0.25, 0.3) is 0 Å². The van der Waals surface area contributed by atoms with Crippen LogP contribution in [0.4, 0.5) is 0 Å². The van der Waals surface area contributed by atoms with Gasteiger partial charge in [0.2, 0.25) is 5.91 Å². The van der Waals surface area contributed by atoms with Crippen molar-refractivity contribution in [2.24, 2.45) is 7.05 Å². The van der Waals surface area contributed by atoms with Gasteiger partial charge in [0.05, 0.1) is 6.20 Å². The van der Waals surface area contributed by atoms with E-state index in [1.54, 1.807) is 0 Å². The van der Waals surface area contributed by atoms with Crippen LogP contribution in [0.3, 0.4) is 0 Å². The largest absolute Gasteiger partial charge is 0.337 e. The molecule has 1 atom stereocenters. The Labute approximate surface area is 174 Å². The second-order valence-electron chi connectivity index (χ2n) is 7.46. The molecule has 0 saturated heterocycles. The lowest BCUT2D eigenvalue weighted by Crippen LogP contribution is -2.38. The van der Waals surface area contributed by atoms with E-state index < -0.39 is 0 Å². The van der Waals surface area contributed by atoms with Gasteiger partial charge in [0.15, 0.2) is 0 Å². The van der Waals surface area contributed by atoms with Gasteiger partial charge in [0.25, 0.3) is 0 Å². The van der Waals surface area contributed by atoms with Crippen LogP contribution in [0.1, 0.15) is 40.3 Å². The molecule has 3 aromatic rings. The number of benzene rings is 2. The molecular formula is C23H24BrN3O. The minimum Gasteiger partial charge on any atom is -0.337 e. The summed E-state index contributed by atoms with van der Waals surface area (Å²) in [5.41, 5.74) is 6.10. The van der Waals surface area contributed by atoms with Crippen LogP contribution < -0.4 is 0 Å². The van der Waals surface area contributed by atoms with Crippen molar-refractivity contribution in [2.45, 2.75) is 32.2 Å². The number of halogens is 1. The molecule has 0 radical (unpaired) electrons. The van der Waals surface area contributed by atoms with Crippen LogP contribution in [0.5, 0.6) is 0 Å². The Kier molecular flexibility index (Phi) is 5.36. The van der Waals surface area contributed by atoms with Gasteiger partial charge in [0.1, 0.15) is 0 Å². The van der Waals surface area contributed by atoms with Gasteiger partial charge in [-0.3, -0.25) is 9.48 Å². The number of rotatable bonds is 4. The maximum atomic E-state index is 13.0. The third-order valence-corrected chi connectivity index (χ3v) is 6.27. The van der Waals surface area contributed by atoms with E-state index in [1.807, 2.05) is 35.0 Å². The van der Waals surface area contributed by atoms with Crippen LogP contribution in [0, 0.1) is 6.92 Å². The van der Waals surface area contributed by atoms with E-state index in [9.17, 15) is 4.79 Å². The van der Waals surface area contributed by atoms with E-state index in [0.717, 1.165) is 16.6 Å². The molecule has 0 fully saturated rings. The number of hydrogen-bond donors (Lipinski definition) is 0. The molecule has 1 aliphatic rings. The zero-order valence-corrected chi connectivity index (χ0v) is 17.8. The van der Waals surface area contributed by atoms with Crippen LogP contribution in [0.2, 0.25) is 0 Å². The molecule has 1 aliphatic heterocycles. The third kappa shape index (κ3) is 3.76. The third-order valence-electron chi connectivity index (χ3n) is 5.74. The number of carbonyl (C=O) groups excluding carboxylic acids is 1. The Morgan fingerprint density at radius 1 is 1.14 bits per heavy atom. The molecule has 2 heterocycles. The van der Waals surface area contributed by atoms with E-state index in [4.69, 9.17) is 0 Å². The maximum absolute atomic E-state index is 13.0. The Balaban J connectivity index is 1.55. The summed E-state index contributed by atoms with van der Waals surface area (Å²) in [6.07, 6.45) is 3.25. The first-order valence-corrected chi connectivity index (χ1v) is 10.4. The van der Waals surface area contributed by atoms with Crippen LogP contribution in [0.15, 0.2) is 59.2 Å². The lowest BCUT2D eigenvalue weighted by Gasteiger charge is -2.35. The van der Waals surface area contributed by atoms with E-state index in [2.05, 4.69) is 64.4 Å². The van der Waals surface area contributed by atoms with Crippen molar-refractivity contribution in [1.82, 2.24) is 14.7 Å². The summed E-state index contributed by atoms with van der Waals surface area (Å²) in [7, 11) is 1.97. The highest BCUT2D eigenvalue weighted by atomic mass is 79.9. The molecule has 0 N–H and O–H groups in total. The predicted octanol–water partition coefficient (Wildman–Crippen LogP) is 4.60. The van der Waals surface area contributed by atoms with Crippen LogP contribution in [-0.2, 0) is 24.8 Å². The fourth-order valence-corrected chi connectivity index (χ4v) is 4.25. The first kappa shape index (κ1) is 18.9. The average molecular weight is 438 g/mol. The van der Waals surface area contributed by atoms with E-state index in [1.165, 1.54) is 22.3 Å². The number of hydrogen-bond acceptors (Lipinski definition) is 2. The Morgan fingerprint density at radius 2 is 1.89 bits per heavy atom. The molecule has 0 bridgehead atoms. The Bertz CT molecular complexity index is 993. The summed E-state index contributed by atoms with van der Waals surface area (Å²) < 4.78 is 2.97. The molecule has 28 heavy (non-hydrogen) atoms. The molecule has 0 saturated carbocycles. The Morgan fingerprint density at radius 3 is 2.61 bits per heavy atom. The standard InChI is InChI=1S/C23H24BrN3O/c1-16-21(13-25-26(16)2)22-15-27(14-18-5-3-4-6-20(18)22)23(28)12-9-17-7-10-19(24)11-8-17/h3-8,10-11,13,22H,9,12,14-15H2,1-2H3. The van der Waals surface area contributed by atoms with Crippen molar-refractivity contribution in [1.29, 1.82) is 0 Å². The zero-order chi connectivity index (χ0) is 19.7. The number of nitrogens with zero attached hydrogens (tertiary/aromatic N) is 3. The SMILES string of the molecule is Cc1c(C2CN(C(=O)CCc3ccc(Br)cc3)Cc3ccccc32)cnn1C. The minimum absolute atomic E-state index is 0.176. The topological polar surface area (TPSA) is 38.1 Å². The number of aryl methyl sites for hydroxylation is 2. The monoisotopic (exact) mass is 437 g/mol. The molecule has 0 aliphatic carbocycles. The van der Waals surface area contributed by atoms with Gasteiger partial charge in [-0.25, -0.2) is 0 Å². The molecular weight excluding hydrogens is 414 g/mol. The van der Waals surface area contributed by atoms with Crippen LogP contribution in [-0.4, -0.2) is 27.1 Å². The number of carbonyl (C=O) groups is 1. The summed E-state index contributed by atoms with van der Waals surface area (Å²) in [5.74, 6) is 0.388. The zero-order valence-electron chi connectivity index (χ0n) is 16.2. The van der Waals surface area contributed by atoms with Crippen molar-refractivity contribution in [3.8, 4) is 0 Å². The normalized spacial score (nSPS) is 16.1. The molecule has 144 valence electrons. The highest BCUT2D eigenvalue weighted by molar-refractivity contribution is 9.10. The molecule has 1 amide bonds. The predicted molar refractivity (Wildman–Crippen MR) is 114 cm³/mol. The summed E-state index contributed by atoms with van der Waals surface area (Å²) in [6, 6.07) is 16.7. The summed E-state index contributed by atoms with van der Waals surface area (Å²) in [5, 5.41) is 4.43. The number of aromatic nitrogens is 2. The van der Waals surface area contributed by atoms with Gasteiger partial charge in [-0.15, -0.1) is 0 Å². The fraction of sp³-hybridized carbons (Fsp3) is 0.304. The van der Waals surface area contributed by atoms with Gasteiger partial charge in [0, 0.05) is 48.2 Å². The molecule has 2 aromatic carbocycles. The first-order chi connectivity index (χ1) is 13.5. The van der Waals surface area contributed by atoms with Gasteiger partial charge in [-0.05, 0) is 42.2 Å². The van der Waals surface area contributed by atoms with Gasteiger partial charge >= 0.3 is 0 Å². The van der Waals surface area contributed by atoms with Crippen LogP contribution >= 0.6 is 15.9 Å². The molecule has 4 rings (SSSR count). The van der Waals surface area contributed by atoms with E-state index >= 15 is 0 Å². The molecule has 1 aromatic heterocycles. The lowest BCUT2D eigenvalue weighted by molar-refractivity contribution is -0.132. The first-order valence-electron chi connectivity index (χ1n) is 9.61. The highest BCUT2D eigenvalue weighted by Gasteiger charge is 2.30.